The zero-order valence-electron chi connectivity index (χ0n) is 14.6. The van der Waals surface area contributed by atoms with E-state index < -0.39 is 23.7 Å². The van der Waals surface area contributed by atoms with Gasteiger partial charge >= 0.3 is 6.18 Å². The van der Waals surface area contributed by atoms with Crippen LogP contribution in [0.3, 0.4) is 0 Å². The fraction of sp³-hybridized carbons (Fsp3) is 0.588. The lowest BCUT2D eigenvalue weighted by molar-refractivity contribution is -0.137. The van der Waals surface area contributed by atoms with Crippen molar-refractivity contribution in [1.29, 1.82) is 0 Å². The molecule has 0 radical (unpaired) electrons. The minimum atomic E-state index is -4.51. The molecule has 25 heavy (non-hydrogen) atoms. The minimum absolute atomic E-state index is 0. The number of nitrogens with zero attached hydrogens (tertiary/aromatic N) is 1. The molecule has 0 aliphatic carbocycles. The number of carbonyl (C=O) groups is 1. The van der Waals surface area contributed by atoms with Gasteiger partial charge < -0.3 is 11.1 Å². The van der Waals surface area contributed by atoms with Gasteiger partial charge in [-0.3, -0.25) is 9.69 Å². The fourth-order valence-electron chi connectivity index (χ4n) is 2.99. The maximum atomic E-state index is 13.0. The zero-order chi connectivity index (χ0) is 18.1. The number of carbonyl (C=O) groups excluding carboxylic acids is 1. The fourth-order valence-corrected chi connectivity index (χ4v) is 2.99. The summed E-state index contributed by atoms with van der Waals surface area (Å²) < 4.78 is 39.1. The van der Waals surface area contributed by atoms with Gasteiger partial charge in [-0.2, -0.15) is 13.2 Å². The van der Waals surface area contributed by atoms with Gasteiger partial charge in [-0.05, 0) is 30.9 Å². The molecule has 0 spiro atoms. The number of rotatable bonds is 3. The summed E-state index contributed by atoms with van der Waals surface area (Å²) >= 11 is 0. The molecule has 0 aromatic heterocycles. The SMILES string of the molecule is CC(C(=O)Nc1ccccc1C(F)(F)F)N1CCC(N)C(C)(C)C1.Cl. The lowest BCUT2D eigenvalue weighted by Gasteiger charge is -2.44. The molecular weight excluding hydrogens is 355 g/mol. The van der Waals surface area contributed by atoms with E-state index >= 15 is 0 Å². The predicted molar refractivity (Wildman–Crippen MR) is 94.7 cm³/mol. The first-order valence-electron chi connectivity index (χ1n) is 7.99. The van der Waals surface area contributed by atoms with Crippen molar-refractivity contribution in [2.75, 3.05) is 18.4 Å². The second kappa shape index (κ2) is 7.93. The summed E-state index contributed by atoms with van der Waals surface area (Å²) in [5.74, 6) is -0.446. The lowest BCUT2D eigenvalue weighted by Crippen LogP contribution is -2.56. The highest BCUT2D eigenvalue weighted by molar-refractivity contribution is 5.95. The van der Waals surface area contributed by atoms with Crippen LogP contribution in [0.5, 0.6) is 0 Å². The highest BCUT2D eigenvalue weighted by Gasteiger charge is 2.38. The van der Waals surface area contributed by atoms with Gasteiger partial charge in [0.25, 0.3) is 0 Å². The quantitative estimate of drug-likeness (QED) is 0.844. The molecule has 8 heteroatoms. The Morgan fingerprint density at radius 1 is 1.36 bits per heavy atom. The van der Waals surface area contributed by atoms with Crippen molar-refractivity contribution in [2.45, 2.75) is 45.5 Å². The minimum Gasteiger partial charge on any atom is -0.327 e. The van der Waals surface area contributed by atoms with E-state index in [2.05, 4.69) is 5.32 Å². The molecule has 1 fully saturated rings. The van der Waals surface area contributed by atoms with Crippen LogP contribution in [0, 0.1) is 5.41 Å². The van der Waals surface area contributed by atoms with Crippen molar-refractivity contribution in [3.05, 3.63) is 29.8 Å². The number of likely N-dealkylation sites (tertiary alicyclic amines) is 1. The topological polar surface area (TPSA) is 58.4 Å². The third kappa shape index (κ3) is 5.09. The number of piperidine rings is 1. The molecule has 2 atom stereocenters. The second-order valence-corrected chi connectivity index (χ2v) is 7.06. The van der Waals surface area contributed by atoms with Gasteiger partial charge in [0, 0.05) is 19.1 Å². The molecule has 1 saturated heterocycles. The smallest absolute Gasteiger partial charge is 0.327 e. The average Bonchev–Trinajstić information content (AvgIpc) is 2.48. The number of hydrogen-bond acceptors (Lipinski definition) is 3. The Labute approximate surface area is 152 Å². The van der Waals surface area contributed by atoms with Crippen LogP contribution in [0.15, 0.2) is 24.3 Å². The summed E-state index contributed by atoms with van der Waals surface area (Å²) in [6.07, 6.45) is -3.75. The van der Waals surface area contributed by atoms with Gasteiger partial charge in [-0.25, -0.2) is 0 Å². The first-order chi connectivity index (χ1) is 11.0. The van der Waals surface area contributed by atoms with Crippen LogP contribution >= 0.6 is 12.4 Å². The second-order valence-electron chi connectivity index (χ2n) is 7.06. The van der Waals surface area contributed by atoms with E-state index in [0.717, 1.165) is 12.5 Å². The van der Waals surface area contributed by atoms with Crippen LogP contribution in [-0.2, 0) is 11.0 Å². The summed E-state index contributed by atoms with van der Waals surface area (Å²) in [4.78, 5) is 14.4. The van der Waals surface area contributed by atoms with Crippen LogP contribution < -0.4 is 11.1 Å². The number of anilines is 1. The zero-order valence-corrected chi connectivity index (χ0v) is 15.4. The van der Waals surface area contributed by atoms with E-state index in [1.165, 1.54) is 18.2 Å². The number of benzene rings is 1. The van der Waals surface area contributed by atoms with Crippen LogP contribution in [-0.4, -0.2) is 36.0 Å². The first-order valence-corrected chi connectivity index (χ1v) is 7.99. The van der Waals surface area contributed by atoms with Crippen LogP contribution in [0.2, 0.25) is 0 Å². The molecule has 1 heterocycles. The van der Waals surface area contributed by atoms with Gasteiger partial charge in [0.2, 0.25) is 5.91 Å². The largest absolute Gasteiger partial charge is 0.418 e. The Bertz CT molecular complexity index is 607. The third-order valence-corrected chi connectivity index (χ3v) is 4.76. The summed E-state index contributed by atoms with van der Waals surface area (Å²) in [5, 5.41) is 2.42. The number of nitrogens with two attached hydrogens (primary N) is 1. The van der Waals surface area contributed by atoms with Crippen molar-refractivity contribution < 1.29 is 18.0 Å². The maximum absolute atomic E-state index is 13.0. The van der Waals surface area contributed by atoms with Gasteiger partial charge in [-0.1, -0.05) is 26.0 Å². The summed E-state index contributed by atoms with van der Waals surface area (Å²) in [5.41, 5.74) is 4.89. The molecule has 2 rings (SSSR count). The van der Waals surface area contributed by atoms with Gasteiger partial charge in [-0.15, -0.1) is 12.4 Å². The van der Waals surface area contributed by atoms with Crippen molar-refractivity contribution in [3.8, 4) is 0 Å². The van der Waals surface area contributed by atoms with Crippen molar-refractivity contribution in [2.24, 2.45) is 11.1 Å². The molecule has 4 nitrogen and oxygen atoms in total. The molecule has 0 bridgehead atoms. The Kier molecular flexibility index (Phi) is 6.89. The monoisotopic (exact) mass is 379 g/mol. The molecule has 3 N–H and O–H groups in total. The van der Waals surface area contributed by atoms with E-state index in [0.29, 0.717) is 13.1 Å². The van der Waals surface area contributed by atoms with E-state index in [1.54, 1.807) is 6.92 Å². The predicted octanol–water partition coefficient (Wildman–Crippen LogP) is 3.51. The van der Waals surface area contributed by atoms with Crippen LogP contribution in [0.4, 0.5) is 18.9 Å². The average molecular weight is 380 g/mol. The molecule has 1 aromatic carbocycles. The highest BCUT2D eigenvalue weighted by Crippen LogP contribution is 2.35. The van der Waals surface area contributed by atoms with E-state index in [-0.39, 0.29) is 29.6 Å². The number of alkyl halides is 3. The molecule has 1 aliphatic heterocycles. The van der Waals surface area contributed by atoms with Crippen molar-refractivity contribution in [3.63, 3.8) is 0 Å². The number of nitrogens with one attached hydrogen (secondary N) is 1. The highest BCUT2D eigenvalue weighted by atomic mass is 35.5. The molecule has 2 unspecified atom stereocenters. The van der Waals surface area contributed by atoms with E-state index in [1.807, 2.05) is 18.7 Å². The number of halogens is 4. The van der Waals surface area contributed by atoms with E-state index in [9.17, 15) is 18.0 Å². The lowest BCUT2D eigenvalue weighted by atomic mass is 9.79. The molecule has 142 valence electrons. The number of amides is 1. The van der Waals surface area contributed by atoms with Gasteiger partial charge in [0.1, 0.15) is 0 Å². The summed E-state index contributed by atoms with van der Waals surface area (Å²) in [6, 6.07) is 4.52. The number of para-hydroxylation sites is 1. The van der Waals surface area contributed by atoms with E-state index in [4.69, 9.17) is 5.73 Å². The Morgan fingerprint density at radius 3 is 2.52 bits per heavy atom. The standard InChI is InChI=1S/C17H24F3N3O.ClH/c1-11(23-9-8-14(21)16(2,3)10-23)15(24)22-13-7-5-4-6-12(13)17(18,19)20;/h4-7,11,14H,8-10,21H2,1-3H3,(H,22,24);1H. The first kappa shape index (κ1) is 21.7. The Balaban J connectivity index is 0.00000312. The van der Waals surface area contributed by atoms with Crippen molar-refractivity contribution in [1.82, 2.24) is 4.90 Å². The van der Waals surface area contributed by atoms with Crippen LogP contribution in [0.1, 0.15) is 32.8 Å². The normalized spacial score (nSPS) is 22.0. The van der Waals surface area contributed by atoms with Crippen molar-refractivity contribution >= 4 is 24.0 Å². The Morgan fingerprint density at radius 2 is 1.96 bits per heavy atom. The molecular formula is C17H25ClF3N3O. The summed E-state index contributed by atoms with van der Waals surface area (Å²) in [6.45, 7) is 7.06. The molecule has 0 saturated carbocycles. The van der Waals surface area contributed by atoms with Gasteiger partial charge in [0.05, 0.1) is 17.3 Å². The number of hydrogen-bond donors (Lipinski definition) is 2. The van der Waals surface area contributed by atoms with Gasteiger partial charge in [0.15, 0.2) is 0 Å². The molecule has 1 aliphatic rings. The third-order valence-electron chi connectivity index (χ3n) is 4.76. The Hall–Kier alpha value is -1.31. The van der Waals surface area contributed by atoms with Crippen LogP contribution in [0.25, 0.3) is 0 Å². The molecule has 1 aromatic rings. The molecule has 1 amide bonds. The maximum Gasteiger partial charge on any atom is 0.418 e. The summed E-state index contributed by atoms with van der Waals surface area (Å²) in [7, 11) is 0.